The van der Waals surface area contributed by atoms with Crippen molar-refractivity contribution in [3.63, 3.8) is 0 Å². The Morgan fingerprint density at radius 3 is 2.59 bits per heavy atom. The van der Waals surface area contributed by atoms with E-state index >= 15 is 0 Å². The number of hydrogen-bond donors (Lipinski definition) is 1. The Balaban J connectivity index is 2.03. The first kappa shape index (κ1) is 17.0. The summed E-state index contributed by atoms with van der Waals surface area (Å²) in [7, 11) is 0. The lowest BCUT2D eigenvalue weighted by atomic mass is 9.93. The number of amides is 1. The highest BCUT2D eigenvalue weighted by molar-refractivity contribution is 5.95. The van der Waals surface area contributed by atoms with Gasteiger partial charge in [-0.05, 0) is 58.2 Å². The van der Waals surface area contributed by atoms with Crippen molar-refractivity contribution in [3.8, 4) is 0 Å². The molecule has 0 aliphatic carbocycles. The van der Waals surface area contributed by atoms with Crippen LogP contribution in [0.25, 0.3) is 0 Å². The van der Waals surface area contributed by atoms with Gasteiger partial charge in [-0.3, -0.25) is 9.69 Å². The Morgan fingerprint density at radius 1 is 1.32 bits per heavy atom. The normalized spacial score (nSPS) is 20.9. The second-order valence-corrected chi connectivity index (χ2v) is 6.57. The summed E-state index contributed by atoms with van der Waals surface area (Å²) < 4.78 is 0. The summed E-state index contributed by atoms with van der Waals surface area (Å²) in [5.74, 6) is 0.415. The lowest BCUT2D eigenvalue weighted by molar-refractivity contribution is -0.120. The molecule has 122 valence electrons. The van der Waals surface area contributed by atoms with E-state index in [0.717, 1.165) is 31.6 Å². The van der Waals surface area contributed by atoms with Gasteiger partial charge in [-0.1, -0.05) is 18.2 Å². The van der Waals surface area contributed by atoms with Crippen LogP contribution in [0.4, 0.5) is 5.69 Å². The second kappa shape index (κ2) is 7.75. The van der Waals surface area contributed by atoms with Crippen LogP contribution in [0.5, 0.6) is 0 Å². The Kier molecular flexibility index (Phi) is 5.98. The molecule has 4 nitrogen and oxygen atoms in total. The van der Waals surface area contributed by atoms with Gasteiger partial charge >= 0.3 is 0 Å². The van der Waals surface area contributed by atoms with E-state index in [0.29, 0.717) is 6.54 Å². The van der Waals surface area contributed by atoms with Crippen molar-refractivity contribution in [1.29, 1.82) is 0 Å². The van der Waals surface area contributed by atoms with Gasteiger partial charge in [-0.15, -0.1) is 0 Å². The molecule has 0 aromatic heterocycles. The first-order valence-electron chi connectivity index (χ1n) is 8.26. The number of para-hydroxylation sites is 1. The second-order valence-electron chi connectivity index (χ2n) is 6.57. The molecule has 2 rings (SSSR count). The number of hydrogen-bond acceptors (Lipinski definition) is 3. The summed E-state index contributed by atoms with van der Waals surface area (Å²) in [6.45, 7) is 8.11. The molecule has 0 radical (unpaired) electrons. The maximum atomic E-state index is 12.8. The minimum atomic E-state index is -0.298. The lowest BCUT2D eigenvalue weighted by Crippen LogP contribution is -2.47. The van der Waals surface area contributed by atoms with Gasteiger partial charge in [0.15, 0.2) is 0 Å². The summed E-state index contributed by atoms with van der Waals surface area (Å²) in [6, 6.07) is 9.97. The van der Waals surface area contributed by atoms with Gasteiger partial charge in [0, 0.05) is 18.3 Å². The Hall–Kier alpha value is -1.39. The van der Waals surface area contributed by atoms with Crippen LogP contribution in [-0.2, 0) is 4.79 Å². The minimum Gasteiger partial charge on any atom is -0.393 e. The number of carbonyl (C=O) groups excluding carboxylic acids is 1. The molecule has 1 aromatic carbocycles. The fourth-order valence-electron chi connectivity index (χ4n) is 3.21. The molecule has 1 saturated heterocycles. The van der Waals surface area contributed by atoms with Gasteiger partial charge in [0.1, 0.15) is 0 Å². The molecule has 22 heavy (non-hydrogen) atoms. The van der Waals surface area contributed by atoms with Crippen LogP contribution in [0.2, 0.25) is 0 Å². The maximum absolute atomic E-state index is 12.8. The smallest absolute Gasteiger partial charge is 0.241 e. The minimum absolute atomic E-state index is 0.132. The number of piperidine rings is 1. The van der Waals surface area contributed by atoms with Gasteiger partial charge in [0.2, 0.25) is 5.91 Å². The van der Waals surface area contributed by atoms with Crippen LogP contribution >= 0.6 is 0 Å². The number of rotatable bonds is 5. The number of anilines is 1. The summed E-state index contributed by atoms with van der Waals surface area (Å²) >= 11 is 0. The largest absolute Gasteiger partial charge is 0.393 e. The summed E-state index contributed by atoms with van der Waals surface area (Å²) in [5, 5.41) is 9.78. The first-order valence-corrected chi connectivity index (χ1v) is 8.26. The third-order valence-electron chi connectivity index (χ3n) is 4.40. The third kappa shape index (κ3) is 4.31. The van der Waals surface area contributed by atoms with Crippen molar-refractivity contribution in [3.05, 3.63) is 30.3 Å². The Morgan fingerprint density at radius 2 is 2.00 bits per heavy atom. The number of benzene rings is 1. The standard InChI is InChI=1S/C18H28N2O2/c1-14(2)20(17-9-5-4-6-10-17)18(22)13-19-11-7-8-16(12-19)15(3)21/h4-6,9-10,14-16,21H,7-8,11-13H2,1-3H3. The highest BCUT2D eigenvalue weighted by atomic mass is 16.3. The first-order chi connectivity index (χ1) is 10.5. The molecule has 2 unspecified atom stereocenters. The Bertz CT molecular complexity index is 473. The van der Waals surface area contributed by atoms with Crippen molar-refractivity contribution in [2.24, 2.45) is 5.92 Å². The van der Waals surface area contributed by atoms with E-state index in [-0.39, 0.29) is 24.0 Å². The number of carbonyl (C=O) groups is 1. The fraction of sp³-hybridized carbons (Fsp3) is 0.611. The van der Waals surface area contributed by atoms with E-state index in [1.165, 1.54) is 0 Å². The fourth-order valence-corrected chi connectivity index (χ4v) is 3.21. The number of aliphatic hydroxyl groups excluding tert-OH is 1. The van der Waals surface area contributed by atoms with Crippen LogP contribution in [-0.4, -0.2) is 47.7 Å². The zero-order valence-electron chi connectivity index (χ0n) is 13.9. The van der Waals surface area contributed by atoms with E-state index in [1.54, 1.807) is 0 Å². The summed E-state index contributed by atoms with van der Waals surface area (Å²) in [6.07, 6.45) is 1.80. The molecule has 4 heteroatoms. The number of nitrogens with zero attached hydrogens (tertiary/aromatic N) is 2. The van der Waals surface area contributed by atoms with Crippen LogP contribution in [0, 0.1) is 5.92 Å². The van der Waals surface area contributed by atoms with Gasteiger partial charge in [-0.25, -0.2) is 0 Å². The molecule has 1 aromatic rings. The quantitative estimate of drug-likeness (QED) is 0.909. The van der Waals surface area contributed by atoms with Gasteiger partial charge < -0.3 is 10.0 Å². The molecule has 1 aliphatic heterocycles. The molecule has 0 saturated carbocycles. The zero-order chi connectivity index (χ0) is 16.1. The van der Waals surface area contributed by atoms with Crippen LogP contribution < -0.4 is 4.90 Å². The monoisotopic (exact) mass is 304 g/mol. The summed E-state index contributed by atoms with van der Waals surface area (Å²) in [5.41, 5.74) is 0.951. The van der Waals surface area contributed by atoms with Crippen molar-refractivity contribution in [1.82, 2.24) is 4.90 Å². The molecule has 1 fully saturated rings. The van der Waals surface area contributed by atoms with Crippen molar-refractivity contribution >= 4 is 11.6 Å². The molecule has 0 spiro atoms. The average Bonchev–Trinajstić information content (AvgIpc) is 2.48. The lowest BCUT2D eigenvalue weighted by Gasteiger charge is -2.35. The number of likely N-dealkylation sites (tertiary alicyclic amines) is 1. The van der Waals surface area contributed by atoms with E-state index in [4.69, 9.17) is 0 Å². The Labute approximate surface area is 133 Å². The van der Waals surface area contributed by atoms with Crippen LogP contribution in [0.15, 0.2) is 30.3 Å². The van der Waals surface area contributed by atoms with Crippen molar-refractivity contribution in [2.75, 3.05) is 24.5 Å². The van der Waals surface area contributed by atoms with E-state index < -0.39 is 0 Å². The molecule has 1 N–H and O–H groups in total. The van der Waals surface area contributed by atoms with Gasteiger partial charge in [0.25, 0.3) is 0 Å². The maximum Gasteiger partial charge on any atom is 0.241 e. The highest BCUT2D eigenvalue weighted by Crippen LogP contribution is 2.21. The van der Waals surface area contributed by atoms with E-state index in [1.807, 2.05) is 56.0 Å². The van der Waals surface area contributed by atoms with E-state index in [9.17, 15) is 9.90 Å². The molecule has 1 amide bonds. The predicted octanol–water partition coefficient (Wildman–Crippen LogP) is 2.52. The van der Waals surface area contributed by atoms with Crippen LogP contribution in [0.3, 0.4) is 0 Å². The molecule has 0 bridgehead atoms. The molecular weight excluding hydrogens is 276 g/mol. The topological polar surface area (TPSA) is 43.8 Å². The third-order valence-corrected chi connectivity index (χ3v) is 4.40. The van der Waals surface area contributed by atoms with Crippen molar-refractivity contribution < 1.29 is 9.90 Å². The molecule has 2 atom stereocenters. The van der Waals surface area contributed by atoms with E-state index in [2.05, 4.69) is 4.90 Å². The highest BCUT2D eigenvalue weighted by Gasteiger charge is 2.27. The van der Waals surface area contributed by atoms with Gasteiger partial charge in [-0.2, -0.15) is 0 Å². The van der Waals surface area contributed by atoms with Crippen LogP contribution in [0.1, 0.15) is 33.6 Å². The molecular formula is C18H28N2O2. The predicted molar refractivity (Wildman–Crippen MR) is 89.9 cm³/mol. The summed E-state index contributed by atoms with van der Waals surface area (Å²) in [4.78, 5) is 16.8. The number of aliphatic hydroxyl groups is 1. The molecule has 1 heterocycles. The van der Waals surface area contributed by atoms with Gasteiger partial charge in [0.05, 0.1) is 12.6 Å². The average molecular weight is 304 g/mol. The zero-order valence-corrected chi connectivity index (χ0v) is 13.9. The SMILES string of the molecule is CC(O)C1CCCN(CC(=O)N(c2ccccc2)C(C)C)C1. The molecule has 1 aliphatic rings. The van der Waals surface area contributed by atoms with Crippen molar-refractivity contribution in [2.45, 2.75) is 45.8 Å².